The molecule has 0 fully saturated rings. The smallest absolute Gasteiger partial charge is 0.744 e. The van der Waals surface area contributed by atoms with Crippen LogP contribution in [0.2, 0.25) is 0 Å². The Morgan fingerprint density at radius 2 is 1.65 bits per heavy atom. The number of hydrogen-bond donors (Lipinski definition) is 0. The normalized spacial score (nSPS) is 10.6. The number of benzene rings is 2. The van der Waals surface area contributed by atoms with Gasteiger partial charge in [-0.25, -0.2) is 8.42 Å². The SMILES string of the molecule is N#Cc1ccc2cc(S(=O)(=O)[O-])ccc2c1.[K+]. The second-order valence-corrected chi connectivity index (χ2v) is 4.67. The molecule has 17 heavy (non-hydrogen) atoms. The van der Waals surface area contributed by atoms with Crippen LogP contribution < -0.4 is 51.4 Å². The summed E-state index contributed by atoms with van der Waals surface area (Å²) in [6, 6.07) is 10.9. The number of nitriles is 1. The van der Waals surface area contributed by atoms with E-state index < -0.39 is 10.1 Å². The van der Waals surface area contributed by atoms with E-state index in [4.69, 9.17) is 5.26 Å². The summed E-state index contributed by atoms with van der Waals surface area (Å²) in [6.07, 6.45) is 0. The van der Waals surface area contributed by atoms with Crippen molar-refractivity contribution in [1.29, 1.82) is 5.26 Å². The Balaban J connectivity index is 0.00000144. The molecule has 0 saturated heterocycles. The molecule has 0 aliphatic heterocycles. The van der Waals surface area contributed by atoms with Gasteiger partial charge in [-0.05, 0) is 35.0 Å². The Morgan fingerprint density at radius 1 is 1.06 bits per heavy atom. The van der Waals surface area contributed by atoms with E-state index in [2.05, 4.69) is 0 Å². The number of fused-ring (bicyclic) bond motifs is 1. The first kappa shape index (κ1) is 14.8. The Labute approximate surface area is 141 Å². The van der Waals surface area contributed by atoms with Crippen molar-refractivity contribution in [3.8, 4) is 6.07 Å². The van der Waals surface area contributed by atoms with E-state index in [1.807, 2.05) is 6.07 Å². The van der Waals surface area contributed by atoms with Crippen LogP contribution in [0.25, 0.3) is 10.8 Å². The van der Waals surface area contributed by atoms with Crippen molar-refractivity contribution < 1.29 is 64.4 Å². The quantitative estimate of drug-likeness (QED) is 0.473. The van der Waals surface area contributed by atoms with Gasteiger partial charge in [-0.15, -0.1) is 0 Å². The summed E-state index contributed by atoms with van der Waals surface area (Å²) in [5.41, 5.74) is 0.491. The summed E-state index contributed by atoms with van der Waals surface area (Å²) in [5, 5.41) is 10.0. The zero-order valence-corrected chi connectivity index (χ0v) is 13.0. The Morgan fingerprint density at radius 3 is 2.24 bits per heavy atom. The Bertz CT molecular complexity index is 704. The van der Waals surface area contributed by atoms with Gasteiger partial charge in [0.1, 0.15) is 10.1 Å². The molecule has 6 heteroatoms. The minimum Gasteiger partial charge on any atom is -0.744 e. The van der Waals surface area contributed by atoms with Crippen molar-refractivity contribution in [1.82, 2.24) is 0 Å². The van der Waals surface area contributed by atoms with Gasteiger partial charge < -0.3 is 4.55 Å². The molecule has 0 aromatic heterocycles. The second kappa shape index (κ2) is 5.58. The third kappa shape index (κ3) is 3.36. The summed E-state index contributed by atoms with van der Waals surface area (Å²) in [5.74, 6) is 0. The summed E-state index contributed by atoms with van der Waals surface area (Å²) < 4.78 is 32.4. The molecule has 0 spiro atoms. The molecule has 2 aromatic carbocycles. The van der Waals surface area contributed by atoms with Gasteiger partial charge in [0.05, 0.1) is 16.5 Å². The average Bonchev–Trinajstić information content (AvgIpc) is 2.26. The first-order valence-electron chi connectivity index (χ1n) is 4.40. The van der Waals surface area contributed by atoms with E-state index in [1.165, 1.54) is 18.2 Å². The maximum absolute atomic E-state index is 10.8. The van der Waals surface area contributed by atoms with E-state index in [0.29, 0.717) is 10.9 Å². The molecule has 0 radical (unpaired) electrons. The van der Waals surface area contributed by atoms with Crippen LogP contribution in [-0.4, -0.2) is 13.0 Å². The summed E-state index contributed by atoms with van der Waals surface area (Å²) in [6.45, 7) is 0. The second-order valence-electron chi connectivity index (χ2n) is 3.29. The molecule has 0 aliphatic rings. The Hall–Kier alpha value is -0.264. The van der Waals surface area contributed by atoms with Crippen molar-refractivity contribution in [2.24, 2.45) is 0 Å². The predicted octanol–water partition coefficient (Wildman–Crippen LogP) is -1.38. The fourth-order valence-corrected chi connectivity index (χ4v) is 1.95. The van der Waals surface area contributed by atoms with Gasteiger partial charge in [-0.3, -0.25) is 0 Å². The third-order valence-electron chi connectivity index (χ3n) is 2.23. The predicted molar refractivity (Wildman–Crippen MR) is 56.6 cm³/mol. The molecule has 0 N–H and O–H groups in total. The third-order valence-corrected chi connectivity index (χ3v) is 3.06. The van der Waals surface area contributed by atoms with Crippen LogP contribution in [0.3, 0.4) is 0 Å². The minimum atomic E-state index is -4.42. The fraction of sp³-hybridized carbons (Fsp3) is 0. The van der Waals surface area contributed by atoms with Crippen LogP contribution in [-0.2, 0) is 10.1 Å². The maximum Gasteiger partial charge on any atom is 1.00 e. The Kier molecular flexibility index (Phi) is 4.86. The van der Waals surface area contributed by atoms with E-state index in [-0.39, 0.29) is 56.3 Å². The molecular weight excluding hydrogens is 265 g/mol. The van der Waals surface area contributed by atoms with Gasteiger partial charge >= 0.3 is 51.4 Å². The van der Waals surface area contributed by atoms with E-state index in [9.17, 15) is 13.0 Å². The van der Waals surface area contributed by atoms with Crippen LogP contribution in [0.5, 0.6) is 0 Å². The molecule has 2 rings (SSSR count). The van der Waals surface area contributed by atoms with E-state index in [0.717, 1.165) is 5.39 Å². The molecule has 0 atom stereocenters. The van der Waals surface area contributed by atoms with Gasteiger partial charge in [0, 0.05) is 0 Å². The van der Waals surface area contributed by atoms with Crippen LogP contribution in [0.1, 0.15) is 5.56 Å². The molecule has 80 valence electrons. The van der Waals surface area contributed by atoms with Crippen molar-refractivity contribution in [2.45, 2.75) is 4.90 Å². The summed E-state index contributed by atoms with van der Waals surface area (Å²) in [7, 11) is -4.42. The van der Waals surface area contributed by atoms with Crippen molar-refractivity contribution >= 4 is 20.9 Å². The average molecular weight is 271 g/mol. The fourth-order valence-electron chi connectivity index (χ4n) is 1.45. The van der Waals surface area contributed by atoms with Gasteiger partial charge in [0.15, 0.2) is 0 Å². The molecule has 0 saturated carbocycles. The van der Waals surface area contributed by atoms with Crippen LogP contribution in [0.4, 0.5) is 0 Å². The van der Waals surface area contributed by atoms with Crippen molar-refractivity contribution in [3.05, 3.63) is 42.0 Å². The number of rotatable bonds is 1. The van der Waals surface area contributed by atoms with Crippen molar-refractivity contribution in [3.63, 3.8) is 0 Å². The monoisotopic (exact) mass is 271 g/mol. The summed E-state index contributed by atoms with van der Waals surface area (Å²) >= 11 is 0. The zero-order chi connectivity index (χ0) is 11.8. The topological polar surface area (TPSA) is 81.0 Å². The van der Waals surface area contributed by atoms with Gasteiger partial charge in [-0.2, -0.15) is 5.26 Å². The van der Waals surface area contributed by atoms with E-state index >= 15 is 0 Å². The molecule has 4 nitrogen and oxygen atoms in total. The van der Waals surface area contributed by atoms with Crippen LogP contribution in [0, 0.1) is 11.3 Å². The number of nitrogens with zero attached hydrogens (tertiary/aromatic N) is 1. The molecule has 0 aliphatic carbocycles. The molecule has 0 unspecified atom stereocenters. The number of hydrogen-bond acceptors (Lipinski definition) is 4. The molecule has 0 heterocycles. The first-order chi connectivity index (χ1) is 7.50. The molecule has 2 aromatic rings. The van der Waals surface area contributed by atoms with Crippen molar-refractivity contribution in [2.75, 3.05) is 0 Å². The minimum absolute atomic E-state index is 0. The summed E-state index contributed by atoms with van der Waals surface area (Å²) in [4.78, 5) is -0.260. The zero-order valence-electron chi connectivity index (χ0n) is 9.04. The van der Waals surface area contributed by atoms with Crippen LogP contribution >= 0.6 is 0 Å². The molecule has 0 amide bonds. The van der Waals surface area contributed by atoms with Gasteiger partial charge in [0.25, 0.3) is 0 Å². The van der Waals surface area contributed by atoms with Gasteiger partial charge in [0.2, 0.25) is 0 Å². The van der Waals surface area contributed by atoms with Crippen LogP contribution in [0.15, 0.2) is 41.3 Å². The van der Waals surface area contributed by atoms with Gasteiger partial charge in [-0.1, -0.05) is 12.1 Å². The molecular formula is C11H6KNO3S. The molecule has 0 bridgehead atoms. The largest absolute Gasteiger partial charge is 1.00 e. The standard InChI is InChI=1S/C11H7NO3S.K/c12-7-8-1-2-10-6-11(16(13,14)15)4-3-9(10)5-8;/h1-6H,(H,13,14,15);/q;+1/p-1. The first-order valence-corrected chi connectivity index (χ1v) is 5.81. The maximum atomic E-state index is 10.8. The van der Waals surface area contributed by atoms with E-state index in [1.54, 1.807) is 18.2 Å².